The van der Waals surface area contributed by atoms with E-state index in [1.807, 2.05) is 78.9 Å². The molecule has 0 saturated heterocycles. The van der Waals surface area contributed by atoms with Crippen LogP contribution in [0.25, 0.3) is 5.65 Å². The van der Waals surface area contributed by atoms with Gasteiger partial charge in [0.25, 0.3) is 5.91 Å². The fraction of sp³-hybridized carbons (Fsp3) is 0.0385. The highest BCUT2D eigenvalue weighted by molar-refractivity contribution is 6.08. The third-order valence-corrected chi connectivity index (χ3v) is 5.23. The summed E-state index contributed by atoms with van der Waals surface area (Å²) >= 11 is 0. The van der Waals surface area contributed by atoms with Crippen molar-refractivity contribution in [2.24, 2.45) is 0 Å². The topological polar surface area (TPSA) is 80.4 Å². The van der Waals surface area contributed by atoms with Crippen molar-refractivity contribution < 1.29 is 4.79 Å². The minimum atomic E-state index is -0.226. The molecule has 0 saturated carbocycles. The first kappa shape index (κ1) is 20.3. The van der Waals surface area contributed by atoms with Gasteiger partial charge in [0.2, 0.25) is 0 Å². The Balaban J connectivity index is 1.35. The minimum Gasteiger partial charge on any atom is -0.355 e. The van der Waals surface area contributed by atoms with Crippen molar-refractivity contribution in [2.75, 3.05) is 10.6 Å². The molecule has 5 aromatic rings. The number of nitrogens with zero attached hydrogens (tertiary/aromatic N) is 3. The van der Waals surface area contributed by atoms with Crippen LogP contribution in [0.5, 0.6) is 0 Å². The van der Waals surface area contributed by atoms with Gasteiger partial charge in [-0.3, -0.25) is 9.20 Å². The lowest BCUT2D eigenvalue weighted by Crippen LogP contribution is -2.21. The van der Waals surface area contributed by atoms with E-state index in [-0.39, 0.29) is 11.6 Å². The summed E-state index contributed by atoms with van der Waals surface area (Å²) in [6, 6.07) is 29.9. The van der Waals surface area contributed by atoms with E-state index in [4.69, 9.17) is 0 Å². The number of para-hydroxylation sites is 2. The summed E-state index contributed by atoms with van der Waals surface area (Å²) in [7, 11) is 0. The predicted molar refractivity (Wildman–Crippen MR) is 129 cm³/mol. The molecule has 0 aliphatic rings. The maximum atomic E-state index is 13.0. The third-order valence-electron chi connectivity index (χ3n) is 5.23. The van der Waals surface area contributed by atoms with Crippen LogP contribution in [-0.4, -0.2) is 20.1 Å². The molecule has 3 aromatic carbocycles. The molecule has 0 spiro atoms. The first-order chi connectivity index (χ1) is 16.2. The van der Waals surface area contributed by atoms with Crippen LogP contribution in [0.15, 0.2) is 108 Å². The number of amides is 1. The van der Waals surface area contributed by atoms with Gasteiger partial charge in [0.15, 0.2) is 5.65 Å². The van der Waals surface area contributed by atoms with Crippen LogP contribution in [0.2, 0.25) is 0 Å². The number of anilines is 3. The minimum absolute atomic E-state index is 0.207. The lowest BCUT2D eigenvalue weighted by Gasteiger charge is -2.13. The Morgan fingerprint density at radius 1 is 0.818 bits per heavy atom. The molecule has 7 heteroatoms. The predicted octanol–water partition coefficient (Wildman–Crippen LogP) is 4.54. The summed E-state index contributed by atoms with van der Waals surface area (Å²) in [4.78, 5) is 25.6. The molecule has 2 N–H and O–H groups in total. The third kappa shape index (κ3) is 4.38. The molecule has 0 bridgehead atoms. The van der Waals surface area contributed by atoms with Gasteiger partial charge in [-0.15, -0.1) is 5.10 Å². The van der Waals surface area contributed by atoms with Crippen LogP contribution in [0.3, 0.4) is 0 Å². The molecule has 162 valence electrons. The number of hydrogen-bond acceptors (Lipinski definition) is 4. The highest BCUT2D eigenvalue weighted by atomic mass is 16.2. The maximum Gasteiger partial charge on any atom is 0.350 e. The summed E-state index contributed by atoms with van der Waals surface area (Å²) < 4.78 is 2.91. The fourth-order valence-corrected chi connectivity index (χ4v) is 3.66. The summed E-state index contributed by atoms with van der Waals surface area (Å²) in [5.41, 5.74) is 4.03. The standard InChI is InChI=1S/C26H21N5O2/c32-25(22-13-4-5-14-23(22)27-20-10-2-1-3-11-20)28-21-12-8-9-19(17-21)18-31-26(33)30-16-7-6-15-24(30)29-31/h1-17,27H,18H2,(H,28,32). The van der Waals surface area contributed by atoms with Gasteiger partial charge in [-0.2, -0.15) is 0 Å². The molecule has 0 fully saturated rings. The molecule has 0 aliphatic heterocycles. The van der Waals surface area contributed by atoms with Gasteiger partial charge in [-0.25, -0.2) is 9.48 Å². The van der Waals surface area contributed by atoms with Crippen LogP contribution in [0.4, 0.5) is 17.1 Å². The van der Waals surface area contributed by atoms with Crippen molar-refractivity contribution >= 4 is 28.6 Å². The van der Waals surface area contributed by atoms with Crippen molar-refractivity contribution in [1.29, 1.82) is 0 Å². The second-order valence-corrected chi connectivity index (χ2v) is 7.56. The zero-order valence-corrected chi connectivity index (χ0v) is 17.7. The largest absolute Gasteiger partial charge is 0.355 e. The number of carbonyl (C=O) groups excluding carboxylic acids is 1. The molecular formula is C26H21N5O2. The molecule has 5 rings (SSSR count). The molecular weight excluding hydrogens is 414 g/mol. The number of hydrogen-bond donors (Lipinski definition) is 2. The first-order valence-corrected chi connectivity index (χ1v) is 10.5. The fourth-order valence-electron chi connectivity index (χ4n) is 3.66. The SMILES string of the molecule is O=C(Nc1cccc(Cn2nc3ccccn3c2=O)c1)c1ccccc1Nc1ccccc1. The van der Waals surface area contributed by atoms with Gasteiger partial charge in [0.05, 0.1) is 17.8 Å². The Hall–Kier alpha value is -4.65. The molecule has 0 radical (unpaired) electrons. The van der Waals surface area contributed by atoms with Gasteiger partial charge >= 0.3 is 5.69 Å². The van der Waals surface area contributed by atoms with Crippen molar-refractivity contribution in [3.63, 3.8) is 0 Å². The zero-order chi connectivity index (χ0) is 22.6. The smallest absolute Gasteiger partial charge is 0.350 e. The highest BCUT2D eigenvalue weighted by Gasteiger charge is 2.12. The van der Waals surface area contributed by atoms with Crippen LogP contribution >= 0.6 is 0 Å². The number of carbonyl (C=O) groups is 1. The molecule has 1 amide bonds. The van der Waals surface area contributed by atoms with Crippen molar-refractivity contribution in [3.05, 3.63) is 125 Å². The van der Waals surface area contributed by atoms with Crippen molar-refractivity contribution in [2.45, 2.75) is 6.54 Å². The monoisotopic (exact) mass is 435 g/mol. The highest BCUT2D eigenvalue weighted by Crippen LogP contribution is 2.22. The van der Waals surface area contributed by atoms with Gasteiger partial charge in [-0.05, 0) is 54.1 Å². The maximum absolute atomic E-state index is 13.0. The average molecular weight is 435 g/mol. The lowest BCUT2D eigenvalue weighted by molar-refractivity contribution is 0.102. The number of rotatable bonds is 6. The molecule has 7 nitrogen and oxygen atoms in total. The van der Waals surface area contributed by atoms with E-state index < -0.39 is 0 Å². The van der Waals surface area contributed by atoms with Crippen LogP contribution in [0.1, 0.15) is 15.9 Å². The van der Waals surface area contributed by atoms with Gasteiger partial charge in [0.1, 0.15) is 0 Å². The van der Waals surface area contributed by atoms with Crippen LogP contribution < -0.4 is 16.3 Å². The van der Waals surface area contributed by atoms with E-state index in [1.54, 1.807) is 24.4 Å². The zero-order valence-electron chi connectivity index (χ0n) is 17.7. The van der Waals surface area contributed by atoms with Crippen molar-refractivity contribution in [3.8, 4) is 0 Å². The summed E-state index contributed by atoms with van der Waals surface area (Å²) in [6.45, 7) is 0.302. The summed E-state index contributed by atoms with van der Waals surface area (Å²) in [5, 5.41) is 10.6. The van der Waals surface area contributed by atoms with Crippen molar-refractivity contribution in [1.82, 2.24) is 14.2 Å². The lowest BCUT2D eigenvalue weighted by atomic mass is 10.1. The van der Waals surface area contributed by atoms with E-state index in [2.05, 4.69) is 15.7 Å². The first-order valence-electron chi connectivity index (χ1n) is 10.5. The van der Waals surface area contributed by atoms with E-state index in [0.29, 0.717) is 29.1 Å². The van der Waals surface area contributed by atoms with Crippen LogP contribution in [-0.2, 0) is 6.54 Å². The van der Waals surface area contributed by atoms with Gasteiger partial charge in [0, 0.05) is 17.6 Å². The van der Waals surface area contributed by atoms with E-state index in [9.17, 15) is 9.59 Å². The van der Waals surface area contributed by atoms with Gasteiger partial charge < -0.3 is 10.6 Å². The second kappa shape index (κ2) is 8.84. The molecule has 0 aliphatic carbocycles. The number of benzene rings is 3. The molecule has 0 unspecified atom stereocenters. The van der Waals surface area contributed by atoms with E-state index in [1.165, 1.54) is 9.08 Å². The normalized spacial score (nSPS) is 10.8. The Bertz CT molecular complexity index is 1490. The van der Waals surface area contributed by atoms with Gasteiger partial charge in [-0.1, -0.05) is 48.5 Å². The molecule has 0 atom stereocenters. The van der Waals surface area contributed by atoms with E-state index >= 15 is 0 Å². The number of nitrogens with one attached hydrogen (secondary N) is 2. The Labute approximate surface area is 189 Å². The quantitative estimate of drug-likeness (QED) is 0.410. The molecule has 2 heterocycles. The molecule has 2 aromatic heterocycles. The Kier molecular flexibility index (Phi) is 5.43. The number of aromatic nitrogens is 3. The second-order valence-electron chi connectivity index (χ2n) is 7.56. The van der Waals surface area contributed by atoms with E-state index in [0.717, 1.165) is 11.3 Å². The van der Waals surface area contributed by atoms with Crippen LogP contribution in [0, 0.1) is 0 Å². The Morgan fingerprint density at radius 3 is 2.42 bits per heavy atom. The average Bonchev–Trinajstić information content (AvgIpc) is 3.15. The summed E-state index contributed by atoms with van der Waals surface area (Å²) in [6.07, 6.45) is 1.69. The Morgan fingerprint density at radius 2 is 1.58 bits per heavy atom. The number of fused-ring (bicyclic) bond motifs is 1. The molecule has 33 heavy (non-hydrogen) atoms. The number of pyridine rings is 1. The summed E-state index contributed by atoms with van der Waals surface area (Å²) in [5.74, 6) is -0.226.